The molecule has 0 bridgehead atoms. The van der Waals surface area contributed by atoms with Gasteiger partial charge >= 0.3 is 0 Å². The molecular formula is C14H18ClN3OS. The van der Waals surface area contributed by atoms with Crippen LogP contribution in [0.1, 0.15) is 27.2 Å². The number of thiazole rings is 1. The van der Waals surface area contributed by atoms with Crippen LogP contribution in [0.4, 0.5) is 5.69 Å². The average molecular weight is 312 g/mol. The van der Waals surface area contributed by atoms with E-state index in [1.165, 1.54) is 11.3 Å². The standard InChI is InChI=1S/C14H17N3OS.ClH/c1-3-15-8-11-6-4-5-7-12(11)17-14(18)13-9-16-10(2)19-13;/h4-7,9,15H,3,8H2,1-2H3,(H,17,18);1H. The van der Waals surface area contributed by atoms with Gasteiger partial charge in [-0.25, -0.2) is 4.98 Å². The van der Waals surface area contributed by atoms with Crippen LogP contribution < -0.4 is 10.6 Å². The largest absolute Gasteiger partial charge is 0.321 e. The van der Waals surface area contributed by atoms with Crippen molar-refractivity contribution in [3.8, 4) is 0 Å². The van der Waals surface area contributed by atoms with E-state index in [1.807, 2.05) is 31.2 Å². The maximum Gasteiger partial charge on any atom is 0.267 e. The summed E-state index contributed by atoms with van der Waals surface area (Å²) in [5.74, 6) is -0.102. The summed E-state index contributed by atoms with van der Waals surface area (Å²) in [6.07, 6.45) is 1.61. The van der Waals surface area contributed by atoms with Crippen molar-refractivity contribution < 1.29 is 4.79 Å². The third-order valence-corrected chi connectivity index (χ3v) is 3.59. The normalized spacial score (nSPS) is 9.90. The highest BCUT2D eigenvalue weighted by Gasteiger charge is 2.11. The second kappa shape index (κ2) is 7.99. The Bertz CT molecular complexity index is 571. The molecule has 0 aliphatic carbocycles. The fraction of sp³-hybridized carbons (Fsp3) is 0.286. The summed E-state index contributed by atoms with van der Waals surface area (Å²) < 4.78 is 0. The van der Waals surface area contributed by atoms with Crippen LogP contribution in [-0.2, 0) is 6.54 Å². The first-order valence-electron chi connectivity index (χ1n) is 6.23. The molecule has 0 aliphatic rings. The van der Waals surface area contributed by atoms with Crippen LogP contribution in [0.3, 0.4) is 0 Å². The zero-order chi connectivity index (χ0) is 13.7. The number of amides is 1. The fourth-order valence-corrected chi connectivity index (χ4v) is 2.38. The van der Waals surface area contributed by atoms with E-state index in [0.717, 1.165) is 29.3 Å². The quantitative estimate of drug-likeness (QED) is 0.891. The molecule has 6 heteroatoms. The van der Waals surface area contributed by atoms with Crippen LogP contribution in [0.5, 0.6) is 0 Å². The van der Waals surface area contributed by atoms with Gasteiger partial charge in [0.25, 0.3) is 5.91 Å². The Morgan fingerprint density at radius 1 is 1.35 bits per heavy atom. The molecule has 0 atom stereocenters. The minimum absolute atomic E-state index is 0. The van der Waals surface area contributed by atoms with Crippen LogP contribution in [0, 0.1) is 6.92 Å². The predicted octanol–water partition coefficient (Wildman–Crippen LogP) is 3.24. The molecule has 0 saturated heterocycles. The Kier molecular flexibility index (Phi) is 6.64. The van der Waals surface area contributed by atoms with E-state index in [9.17, 15) is 4.79 Å². The number of hydrogen-bond donors (Lipinski definition) is 2. The summed E-state index contributed by atoms with van der Waals surface area (Å²) >= 11 is 1.40. The Morgan fingerprint density at radius 2 is 2.10 bits per heavy atom. The minimum atomic E-state index is -0.102. The van der Waals surface area contributed by atoms with E-state index in [-0.39, 0.29) is 18.3 Å². The molecule has 108 valence electrons. The van der Waals surface area contributed by atoms with Gasteiger partial charge in [0.2, 0.25) is 0 Å². The number of aromatic nitrogens is 1. The van der Waals surface area contributed by atoms with E-state index in [2.05, 4.69) is 22.5 Å². The van der Waals surface area contributed by atoms with Crippen LogP contribution in [0.2, 0.25) is 0 Å². The second-order valence-corrected chi connectivity index (χ2v) is 5.37. The van der Waals surface area contributed by atoms with Gasteiger partial charge in [-0.3, -0.25) is 4.79 Å². The minimum Gasteiger partial charge on any atom is -0.321 e. The summed E-state index contributed by atoms with van der Waals surface area (Å²) in [5.41, 5.74) is 1.93. The van der Waals surface area contributed by atoms with E-state index in [0.29, 0.717) is 4.88 Å². The van der Waals surface area contributed by atoms with E-state index < -0.39 is 0 Å². The smallest absolute Gasteiger partial charge is 0.267 e. The van der Waals surface area contributed by atoms with Crippen molar-refractivity contribution in [3.63, 3.8) is 0 Å². The third-order valence-electron chi connectivity index (χ3n) is 2.68. The molecule has 2 aromatic rings. The topological polar surface area (TPSA) is 54.0 Å². The highest BCUT2D eigenvalue weighted by Crippen LogP contribution is 2.18. The van der Waals surface area contributed by atoms with Crippen molar-refractivity contribution in [1.82, 2.24) is 10.3 Å². The van der Waals surface area contributed by atoms with Crippen molar-refractivity contribution in [1.29, 1.82) is 0 Å². The molecule has 1 aromatic heterocycles. The number of carbonyl (C=O) groups excluding carboxylic acids is 1. The second-order valence-electron chi connectivity index (χ2n) is 4.14. The predicted molar refractivity (Wildman–Crippen MR) is 85.9 cm³/mol. The summed E-state index contributed by atoms with van der Waals surface area (Å²) in [4.78, 5) is 16.8. The number of nitrogens with zero attached hydrogens (tertiary/aromatic N) is 1. The molecule has 1 aromatic carbocycles. The number of halogens is 1. The van der Waals surface area contributed by atoms with Crippen molar-refractivity contribution in [2.45, 2.75) is 20.4 Å². The van der Waals surface area contributed by atoms with E-state index in [1.54, 1.807) is 6.20 Å². The highest BCUT2D eigenvalue weighted by atomic mass is 35.5. The molecule has 20 heavy (non-hydrogen) atoms. The van der Waals surface area contributed by atoms with Crippen LogP contribution in [0.25, 0.3) is 0 Å². The van der Waals surface area contributed by atoms with Gasteiger partial charge in [0.05, 0.1) is 11.2 Å². The zero-order valence-corrected chi connectivity index (χ0v) is 13.1. The van der Waals surface area contributed by atoms with Crippen molar-refractivity contribution >= 4 is 35.3 Å². The lowest BCUT2D eigenvalue weighted by Gasteiger charge is -2.10. The summed E-state index contributed by atoms with van der Waals surface area (Å²) in [5, 5.41) is 7.10. The van der Waals surface area contributed by atoms with Crippen molar-refractivity contribution in [3.05, 3.63) is 45.9 Å². The molecule has 1 amide bonds. The Balaban J connectivity index is 0.00000200. The molecular weight excluding hydrogens is 294 g/mol. The molecule has 1 heterocycles. The van der Waals surface area contributed by atoms with Gasteiger partial charge in [0.15, 0.2) is 0 Å². The molecule has 2 N–H and O–H groups in total. The SMILES string of the molecule is CCNCc1ccccc1NC(=O)c1cnc(C)s1.Cl. The lowest BCUT2D eigenvalue weighted by molar-refractivity contribution is 0.103. The van der Waals surface area contributed by atoms with Gasteiger partial charge in [0, 0.05) is 12.2 Å². The number of anilines is 1. The zero-order valence-electron chi connectivity index (χ0n) is 11.5. The fourth-order valence-electron chi connectivity index (χ4n) is 1.71. The molecule has 4 nitrogen and oxygen atoms in total. The monoisotopic (exact) mass is 311 g/mol. The average Bonchev–Trinajstić information content (AvgIpc) is 2.84. The Labute approximate surface area is 129 Å². The molecule has 2 rings (SSSR count). The molecule has 0 radical (unpaired) electrons. The van der Waals surface area contributed by atoms with Crippen molar-refractivity contribution in [2.75, 3.05) is 11.9 Å². The van der Waals surface area contributed by atoms with Gasteiger partial charge < -0.3 is 10.6 Å². The Hall–Kier alpha value is -1.43. The van der Waals surface area contributed by atoms with Crippen molar-refractivity contribution in [2.24, 2.45) is 0 Å². The number of benzene rings is 1. The lowest BCUT2D eigenvalue weighted by Crippen LogP contribution is -2.16. The number of para-hydroxylation sites is 1. The molecule has 0 saturated carbocycles. The lowest BCUT2D eigenvalue weighted by atomic mass is 10.1. The van der Waals surface area contributed by atoms with E-state index in [4.69, 9.17) is 0 Å². The maximum absolute atomic E-state index is 12.1. The first-order chi connectivity index (χ1) is 9.20. The number of carbonyl (C=O) groups is 1. The summed E-state index contributed by atoms with van der Waals surface area (Å²) in [7, 11) is 0. The first-order valence-corrected chi connectivity index (χ1v) is 7.04. The molecule has 0 aliphatic heterocycles. The number of hydrogen-bond acceptors (Lipinski definition) is 4. The highest BCUT2D eigenvalue weighted by molar-refractivity contribution is 7.13. The molecule has 0 fully saturated rings. The maximum atomic E-state index is 12.1. The number of aryl methyl sites for hydroxylation is 1. The number of nitrogens with one attached hydrogen (secondary N) is 2. The van der Waals surface area contributed by atoms with Gasteiger partial charge in [-0.1, -0.05) is 25.1 Å². The van der Waals surface area contributed by atoms with Gasteiger partial charge in [0.1, 0.15) is 4.88 Å². The van der Waals surface area contributed by atoms with Gasteiger partial charge in [-0.2, -0.15) is 0 Å². The van der Waals surface area contributed by atoms with Crippen LogP contribution >= 0.6 is 23.7 Å². The summed E-state index contributed by atoms with van der Waals surface area (Å²) in [6.45, 7) is 5.59. The van der Waals surface area contributed by atoms with Gasteiger partial charge in [-0.05, 0) is 25.1 Å². The van der Waals surface area contributed by atoms with E-state index >= 15 is 0 Å². The summed E-state index contributed by atoms with van der Waals surface area (Å²) in [6, 6.07) is 7.82. The molecule has 0 spiro atoms. The first kappa shape index (κ1) is 16.6. The van der Waals surface area contributed by atoms with Crippen LogP contribution in [-0.4, -0.2) is 17.4 Å². The molecule has 0 unspecified atom stereocenters. The third kappa shape index (κ3) is 4.30. The van der Waals surface area contributed by atoms with Crippen LogP contribution in [0.15, 0.2) is 30.5 Å². The number of rotatable bonds is 5. The Morgan fingerprint density at radius 3 is 2.75 bits per heavy atom. The van der Waals surface area contributed by atoms with Gasteiger partial charge in [-0.15, -0.1) is 23.7 Å².